The number of carbonyl (C=O) groups excluding carboxylic acids is 2. The molecule has 0 heterocycles. The van der Waals surface area contributed by atoms with Crippen LogP contribution in [0.2, 0.25) is 5.02 Å². The molecule has 3 N–H and O–H groups in total. The van der Waals surface area contributed by atoms with E-state index in [-0.39, 0.29) is 12.5 Å². The Morgan fingerprint density at radius 1 is 1.35 bits per heavy atom. The van der Waals surface area contributed by atoms with Crippen molar-refractivity contribution in [1.82, 2.24) is 5.32 Å². The topological polar surface area (TPSA) is 78.4 Å². The van der Waals surface area contributed by atoms with E-state index in [1.54, 1.807) is 12.1 Å². The Hall–Kier alpha value is -1.59. The van der Waals surface area contributed by atoms with Crippen LogP contribution in [0.1, 0.15) is 18.9 Å². The van der Waals surface area contributed by atoms with Crippen LogP contribution in [0.5, 0.6) is 0 Å². The molecular formula is C14H19ClN2O3. The lowest BCUT2D eigenvalue weighted by atomic mass is 10.1. The van der Waals surface area contributed by atoms with Gasteiger partial charge in [0.2, 0.25) is 0 Å². The molecule has 1 aromatic carbocycles. The quantitative estimate of drug-likeness (QED) is 0.724. The van der Waals surface area contributed by atoms with E-state index in [0.717, 1.165) is 5.56 Å². The molecule has 20 heavy (non-hydrogen) atoms. The van der Waals surface area contributed by atoms with Crippen molar-refractivity contribution in [3.8, 4) is 0 Å². The average Bonchev–Trinajstić information content (AvgIpc) is 2.41. The minimum Gasteiger partial charge on any atom is -0.396 e. The second-order valence-electron chi connectivity index (χ2n) is 4.72. The first-order valence-electron chi connectivity index (χ1n) is 6.40. The fourth-order valence-electron chi connectivity index (χ4n) is 1.59. The Bertz CT molecular complexity index is 491. The van der Waals surface area contributed by atoms with Gasteiger partial charge in [-0.3, -0.25) is 9.59 Å². The van der Waals surface area contributed by atoms with Crippen LogP contribution in [-0.4, -0.2) is 30.1 Å². The summed E-state index contributed by atoms with van der Waals surface area (Å²) in [7, 11) is 0. The Balaban J connectivity index is 2.54. The highest BCUT2D eigenvalue weighted by Gasteiger charge is 2.16. The third-order valence-electron chi connectivity index (χ3n) is 2.88. The zero-order valence-electron chi connectivity index (χ0n) is 11.6. The summed E-state index contributed by atoms with van der Waals surface area (Å²) < 4.78 is 0. The van der Waals surface area contributed by atoms with Crippen molar-refractivity contribution in [2.45, 2.75) is 20.3 Å². The highest BCUT2D eigenvalue weighted by molar-refractivity contribution is 6.41. The first kappa shape index (κ1) is 16.5. The number of amides is 2. The number of aryl methyl sites for hydroxylation is 1. The number of aliphatic hydroxyl groups excluding tert-OH is 1. The van der Waals surface area contributed by atoms with Crippen molar-refractivity contribution >= 4 is 29.1 Å². The first-order chi connectivity index (χ1) is 9.45. The van der Waals surface area contributed by atoms with Gasteiger partial charge in [-0.05, 0) is 30.9 Å². The van der Waals surface area contributed by atoms with Gasteiger partial charge in [0.25, 0.3) is 0 Å². The Labute approximate surface area is 123 Å². The molecule has 0 aromatic heterocycles. The second kappa shape index (κ2) is 7.87. The van der Waals surface area contributed by atoms with Crippen LogP contribution in [0, 0.1) is 12.8 Å². The molecular weight excluding hydrogens is 280 g/mol. The van der Waals surface area contributed by atoms with Crippen LogP contribution >= 0.6 is 11.6 Å². The molecule has 1 atom stereocenters. The predicted octanol–water partition coefficient (Wildman–Crippen LogP) is 1.72. The van der Waals surface area contributed by atoms with Crippen molar-refractivity contribution in [1.29, 1.82) is 0 Å². The smallest absolute Gasteiger partial charge is 0.313 e. The fourth-order valence-corrected chi connectivity index (χ4v) is 1.77. The third-order valence-corrected chi connectivity index (χ3v) is 3.38. The van der Waals surface area contributed by atoms with Gasteiger partial charge in [0.1, 0.15) is 0 Å². The maximum Gasteiger partial charge on any atom is 0.313 e. The van der Waals surface area contributed by atoms with Crippen LogP contribution in [-0.2, 0) is 9.59 Å². The number of rotatable bonds is 5. The maximum atomic E-state index is 11.7. The lowest BCUT2D eigenvalue weighted by Crippen LogP contribution is -2.37. The molecule has 1 aromatic rings. The van der Waals surface area contributed by atoms with Gasteiger partial charge in [-0.1, -0.05) is 30.7 Å². The lowest BCUT2D eigenvalue weighted by molar-refractivity contribution is -0.136. The van der Waals surface area contributed by atoms with E-state index < -0.39 is 11.8 Å². The van der Waals surface area contributed by atoms with E-state index in [4.69, 9.17) is 16.7 Å². The number of anilines is 1. The number of nitrogens with one attached hydrogen (secondary N) is 2. The van der Waals surface area contributed by atoms with Gasteiger partial charge in [-0.2, -0.15) is 0 Å². The van der Waals surface area contributed by atoms with E-state index in [1.807, 2.05) is 19.9 Å². The highest BCUT2D eigenvalue weighted by Crippen LogP contribution is 2.24. The fraction of sp³-hybridized carbons (Fsp3) is 0.429. The molecule has 0 saturated carbocycles. The van der Waals surface area contributed by atoms with Crippen molar-refractivity contribution in [2.75, 3.05) is 18.5 Å². The Morgan fingerprint density at radius 2 is 2.05 bits per heavy atom. The third kappa shape index (κ3) is 4.83. The van der Waals surface area contributed by atoms with Crippen LogP contribution in [0.3, 0.4) is 0 Å². The summed E-state index contributed by atoms with van der Waals surface area (Å²) in [6.45, 7) is 4.09. The molecule has 2 amide bonds. The van der Waals surface area contributed by atoms with E-state index in [2.05, 4.69) is 10.6 Å². The lowest BCUT2D eigenvalue weighted by Gasteiger charge is -2.12. The van der Waals surface area contributed by atoms with Crippen LogP contribution in [0.25, 0.3) is 0 Å². The van der Waals surface area contributed by atoms with Crippen molar-refractivity contribution in [2.24, 2.45) is 5.92 Å². The van der Waals surface area contributed by atoms with Crippen molar-refractivity contribution in [3.63, 3.8) is 0 Å². The van der Waals surface area contributed by atoms with Gasteiger partial charge in [0, 0.05) is 13.2 Å². The molecule has 1 unspecified atom stereocenters. The number of benzene rings is 1. The standard InChI is InChI=1S/C14H19ClN2O3/c1-9(6-7-18)8-16-13(19)14(20)17-11-5-3-4-10(2)12(11)15/h3-5,9,18H,6-8H2,1-2H3,(H,16,19)(H,17,20). The Morgan fingerprint density at radius 3 is 2.70 bits per heavy atom. The molecule has 0 bridgehead atoms. The summed E-state index contributed by atoms with van der Waals surface area (Å²) in [4.78, 5) is 23.3. The van der Waals surface area contributed by atoms with Gasteiger partial charge in [-0.15, -0.1) is 0 Å². The van der Waals surface area contributed by atoms with Crippen LogP contribution in [0.15, 0.2) is 18.2 Å². The molecule has 0 aliphatic carbocycles. The number of hydrogen-bond acceptors (Lipinski definition) is 3. The first-order valence-corrected chi connectivity index (χ1v) is 6.78. The monoisotopic (exact) mass is 298 g/mol. The largest absolute Gasteiger partial charge is 0.396 e. The average molecular weight is 299 g/mol. The minimum atomic E-state index is -0.756. The molecule has 0 aliphatic rings. The van der Waals surface area contributed by atoms with E-state index >= 15 is 0 Å². The molecule has 0 fully saturated rings. The molecule has 0 spiro atoms. The summed E-state index contributed by atoms with van der Waals surface area (Å²) in [5, 5.41) is 14.2. The SMILES string of the molecule is Cc1cccc(NC(=O)C(=O)NCC(C)CCO)c1Cl. The van der Waals surface area contributed by atoms with Gasteiger partial charge in [0.15, 0.2) is 0 Å². The van der Waals surface area contributed by atoms with E-state index in [0.29, 0.717) is 23.7 Å². The molecule has 0 saturated heterocycles. The minimum absolute atomic E-state index is 0.0577. The molecule has 1 rings (SSSR count). The predicted molar refractivity (Wildman–Crippen MR) is 78.7 cm³/mol. The van der Waals surface area contributed by atoms with Crippen molar-refractivity contribution < 1.29 is 14.7 Å². The van der Waals surface area contributed by atoms with Crippen LogP contribution < -0.4 is 10.6 Å². The van der Waals surface area contributed by atoms with Gasteiger partial charge in [0.05, 0.1) is 10.7 Å². The zero-order chi connectivity index (χ0) is 15.1. The molecule has 5 nitrogen and oxygen atoms in total. The summed E-state index contributed by atoms with van der Waals surface area (Å²) >= 11 is 6.04. The van der Waals surface area contributed by atoms with Gasteiger partial charge in [-0.25, -0.2) is 0 Å². The number of aliphatic hydroxyl groups is 1. The van der Waals surface area contributed by atoms with Crippen molar-refractivity contribution in [3.05, 3.63) is 28.8 Å². The molecule has 0 radical (unpaired) electrons. The summed E-state index contributed by atoms with van der Waals surface area (Å²) in [5.74, 6) is -1.36. The summed E-state index contributed by atoms with van der Waals surface area (Å²) in [5.41, 5.74) is 1.23. The maximum absolute atomic E-state index is 11.7. The number of hydrogen-bond donors (Lipinski definition) is 3. The zero-order valence-corrected chi connectivity index (χ0v) is 12.3. The summed E-state index contributed by atoms with van der Waals surface area (Å²) in [6.07, 6.45) is 0.575. The molecule has 0 aliphatic heterocycles. The van der Waals surface area contributed by atoms with E-state index in [1.165, 1.54) is 0 Å². The highest BCUT2D eigenvalue weighted by atomic mass is 35.5. The van der Waals surface area contributed by atoms with Gasteiger partial charge >= 0.3 is 11.8 Å². The van der Waals surface area contributed by atoms with Gasteiger partial charge < -0.3 is 15.7 Å². The second-order valence-corrected chi connectivity index (χ2v) is 5.10. The number of halogens is 1. The normalized spacial score (nSPS) is 11.8. The molecule has 110 valence electrons. The Kier molecular flexibility index (Phi) is 6.48. The molecule has 6 heteroatoms. The number of carbonyl (C=O) groups is 2. The van der Waals surface area contributed by atoms with Crippen LogP contribution in [0.4, 0.5) is 5.69 Å². The summed E-state index contributed by atoms with van der Waals surface area (Å²) in [6, 6.07) is 5.20. The van der Waals surface area contributed by atoms with E-state index in [9.17, 15) is 9.59 Å².